The van der Waals surface area contributed by atoms with Crippen LogP contribution in [0.15, 0.2) is 24.3 Å². The fraction of sp³-hybridized carbons (Fsp3) is 0.385. The van der Waals surface area contributed by atoms with Gasteiger partial charge in [0.15, 0.2) is 5.78 Å². The Labute approximate surface area is 110 Å². The van der Waals surface area contributed by atoms with Crippen LogP contribution in [0.1, 0.15) is 17.3 Å². The Hall–Kier alpha value is -1.92. The van der Waals surface area contributed by atoms with Gasteiger partial charge in [0.05, 0.1) is 25.3 Å². The van der Waals surface area contributed by atoms with Crippen molar-refractivity contribution in [2.45, 2.75) is 19.1 Å². The number of amides is 2. The first-order valence-electron chi connectivity index (χ1n) is 6.00. The summed E-state index contributed by atoms with van der Waals surface area (Å²) >= 11 is 0. The fourth-order valence-electron chi connectivity index (χ4n) is 1.95. The van der Waals surface area contributed by atoms with Gasteiger partial charge in [-0.05, 0) is 19.1 Å². The molecule has 1 saturated heterocycles. The van der Waals surface area contributed by atoms with Crippen molar-refractivity contribution in [3.63, 3.8) is 0 Å². The van der Waals surface area contributed by atoms with E-state index >= 15 is 0 Å². The predicted octanol–water partition coefficient (Wildman–Crippen LogP) is 0.459. The van der Waals surface area contributed by atoms with Gasteiger partial charge in [-0.25, -0.2) is 4.79 Å². The number of aliphatic hydroxyl groups is 2. The average Bonchev–Trinajstić information content (AvgIpc) is 2.70. The van der Waals surface area contributed by atoms with E-state index in [1.165, 1.54) is 11.8 Å². The number of urea groups is 1. The molecule has 6 heteroatoms. The molecule has 2 amide bonds. The highest BCUT2D eigenvalue weighted by Gasteiger charge is 2.32. The van der Waals surface area contributed by atoms with Crippen LogP contribution in [0.25, 0.3) is 0 Å². The van der Waals surface area contributed by atoms with Crippen LogP contribution in [0.4, 0.5) is 10.5 Å². The van der Waals surface area contributed by atoms with Gasteiger partial charge in [0.2, 0.25) is 0 Å². The van der Waals surface area contributed by atoms with E-state index in [9.17, 15) is 19.8 Å². The zero-order valence-corrected chi connectivity index (χ0v) is 10.5. The lowest BCUT2D eigenvalue weighted by Gasteiger charge is -2.16. The molecule has 1 aliphatic rings. The van der Waals surface area contributed by atoms with E-state index in [0.717, 1.165) is 0 Å². The normalized spacial score (nSPS) is 22.4. The van der Waals surface area contributed by atoms with Gasteiger partial charge >= 0.3 is 6.03 Å². The summed E-state index contributed by atoms with van der Waals surface area (Å²) in [7, 11) is 0. The summed E-state index contributed by atoms with van der Waals surface area (Å²) in [6.07, 6.45) is -1.82. The van der Waals surface area contributed by atoms with E-state index in [1.54, 1.807) is 24.3 Å². The van der Waals surface area contributed by atoms with Crippen molar-refractivity contribution in [2.75, 3.05) is 18.4 Å². The minimum absolute atomic E-state index is 0.0804. The predicted molar refractivity (Wildman–Crippen MR) is 69.1 cm³/mol. The molecule has 2 atom stereocenters. The van der Waals surface area contributed by atoms with Crippen LogP contribution in [-0.4, -0.2) is 52.2 Å². The second-order valence-electron chi connectivity index (χ2n) is 4.61. The van der Waals surface area contributed by atoms with E-state index in [4.69, 9.17) is 0 Å². The molecule has 1 heterocycles. The van der Waals surface area contributed by atoms with Crippen LogP contribution >= 0.6 is 0 Å². The number of nitrogens with zero attached hydrogens (tertiary/aromatic N) is 1. The maximum Gasteiger partial charge on any atom is 0.322 e. The highest BCUT2D eigenvalue weighted by atomic mass is 16.3. The number of benzene rings is 1. The zero-order chi connectivity index (χ0) is 14.0. The number of β-amino-alcohol motifs (C(OH)–C–C–N with tert-alkyl or cyclic N) is 2. The van der Waals surface area contributed by atoms with Crippen LogP contribution in [0.2, 0.25) is 0 Å². The largest absolute Gasteiger partial charge is 0.388 e. The molecular formula is C13H16N2O4. The summed E-state index contributed by atoms with van der Waals surface area (Å²) in [5.41, 5.74) is 1.02. The molecule has 6 nitrogen and oxygen atoms in total. The van der Waals surface area contributed by atoms with Gasteiger partial charge in [-0.15, -0.1) is 0 Å². The van der Waals surface area contributed by atoms with Crippen LogP contribution in [0.5, 0.6) is 0 Å². The number of aliphatic hydroxyl groups excluding tert-OH is 2. The Bertz CT molecular complexity index is 493. The van der Waals surface area contributed by atoms with Gasteiger partial charge in [-0.2, -0.15) is 0 Å². The number of carbonyl (C=O) groups is 2. The fourth-order valence-corrected chi connectivity index (χ4v) is 1.95. The molecule has 1 fully saturated rings. The first kappa shape index (κ1) is 13.5. The number of ketones is 1. The van der Waals surface area contributed by atoms with Gasteiger partial charge in [0.25, 0.3) is 0 Å². The molecule has 0 aliphatic carbocycles. The van der Waals surface area contributed by atoms with Crippen LogP contribution in [-0.2, 0) is 0 Å². The summed E-state index contributed by atoms with van der Waals surface area (Å²) in [5, 5.41) is 21.4. The minimum atomic E-state index is -0.908. The molecule has 3 N–H and O–H groups in total. The highest BCUT2D eigenvalue weighted by Crippen LogP contribution is 2.15. The van der Waals surface area contributed by atoms with Crippen LogP contribution < -0.4 is 5.32 Å². The molecule has 0 aromatic heterocycles. The van der Waals surface area contributed by atoms with E-state index in [0.29, 0.717) is 11.3 Å². The number of carbonyl (C=O) groups excluding carboxylic acids is 2. The molecule has 1 aromatic carbocycles. The van der Waals surface area contributed by atoms with Crippen LogP contribution in [0, 0.1) is 0 Å². The SMILES string of the molecule is CC(=O)c1cccc(NC(=O)N2C[C@@H](O)[C@@H](O)C2)c1. The molecule has 0 spiro atoms. The summed E-state index contributed by atoms with van der Waals surface area (Å²) in [6, 6.07) is 6.20. The molecule has 0 unspecified atom stereocenters. The number of nitrogens with one attached hydrogen (secondary N) is 1. The molecule has 1 aliphatic heterocycles. The summed E-state index contributed by atoms with van der Waals surface area (Å²) in [4.78, 5) is 24.5. The number of likely N-dealkylation sites (tertiary alicyclic amines) is 1. The molecular weight excluding hydrogens is 248 g/mol. The maximum absolute atomic E-state index is 11.9. The standard InChI is InChI=1S/C13H16N2O4/c1-8(16)9-3-2-4-10(5-9)14-13(19)15-6-11(17)12(18)7-15/h2-5,11-12,17-18H,6-7H2,1H3,(H,14,19)/t11-,12+. The van der Waals surface area contributed by atoms with E-state index in [2.05, 4.69) is 5.32 Å². The molecule has 1 aromatic rings. The van der Waals surface area contributed by atoms with E-state index in [-0.39, 0.29) is 18.9 Å². The summed E-state index contributed by atoms with van der Waals surface area (Å²) < 4.78 is 0. The Morgan fingerprint density at radius 2 is 1.89 bits per heavy atom. The van der Waals surface area contributed by atoms with Crippen molar-refractivity contribution in [2.24, 2.45) is 0 Å². The average molecular weight is 264 g/mol. The topological polar surface area (TPSA) is 89.9 Å². The molecule has 0 radical (unpaired) electrons. The number of hydrogen-bond acceptors (Lipinski definition) is 4. The Balaban J connectivity index is 2.03. The van der Waals surface area contributed by atoms with E-state index < -0.39 is 18.2 Å². The van der Waals surface area contributed by atoms with Crippen LogP contribution in [0.3, 0.4) is 0 Å². The van der Waals surface area contributed by atoms with Crippen molar-refractivity contribution in [3.8, 4) is 0 Å². The lowest BCUT2D eigenvalue weighted by Crippen LogP contribution is -2.33. The number of hydrogen-bond donors (Lipinski definition) is 3. The Morgan fingerprint density at radius 3 is 2.47 bits per heavy atom. The van der Waals surface area contributed by atoms with Gasteiger partial charge in [-0.1, -0.05) is 12.1 Å². The smallest absolute Gasteiger partial charge is 0.322 e. The van der Waals surface area contributed by atoms with Gasteiger partial charge in [0, 0.05) is 11.3 Å². The monoisotopic (exact) mass is 264 g/mol. The molecule has 0 bridgehead atoms. The second-order valence-corrected chi connectivity index (χ2v) is 4.61. The minimum Gasteiger partial charge on any atom is -0.388 e. The van der Waals surface area contributed by atoms with Gasteiger partial charge in [-0.3, -0.25) is 4.79 Å². The lowest BCUT2D eigenvalue weighted by molar-refractivity contribution is 0.0572. The van der Waals surface area contributed by atoms with Crippen molar-refractivity contribution in [3.05, 3.63) is 29.8 Å². The van der Waals surface area contributed by atoms with Gasteiger partial charge < -0.3 is 20.4 Å². The summed E-state index contributed by atoms with van der Waals surface area (Å²) in [5.74, 6) is -0.0804. The Kier molecular flexibility index (Phi) is 3.82. The van der Waals surface area contributed by atoms with Gasteiger partial charge in [0.1, 0.15) is 0 Å². The zero-order valence-electron chi connectivity index (χ0n) is 10.5. The third-order valence-electron chi connectivity index (χ3n) is 3.07. The molecule has 2 rings (SSSR count). The maximum atomic E-state index is 11.9. The Morgan fingerprint density at radius 1 is 1.26 bits per heavy atom. The molecule has 102 valence electrons. The van der Waals surface area contributed by atoms with Crippen molar-refractivity contribution >= 4 is 17.5 Å². The first-order chi connectivity index (χ1) is 8.97. The van der Waals surface area contributed by atoms with E-state index in [1.807, 2.05) is 0 Å². The lowest BCUT2D eigenvalue weighted by atomic mass is 10.1. The summed E-state index contributed by atoms with van der Waals surface area (Å²) in [6.45, 7) is 1.65. The van der Waals surface area contributed by atoms with Crippen molar-refractivity contribution in [1.82, 2.24) is 4.90 Å². The second kappa shape index (κ2) is 5.38. The third-order valence-corrected chi connectivity index (χ3v) is 3.07. The highest BCUT2D eigenvalue weighted by molar-refractivity contribution is 5.96. The first-order valence-corrected chi connectivity index (χ1v) is 6.00. The van der Waals surface area contributed by atoms with Crippen molar-refractivity contribution < 1.29 is 19.8 Å². The quantitative estimate of drug-likeness (QED) is 0.677. The molecule has 19 heavy (non-hydrogen) atoms. The number of anilines is 1. The van der Waals surface area contributed by atoms with Crippen molar-refractivity contribution in [1.29, 1.82) is 0 Å². The molecule has 0 saturated carbocycles. The number of Topliss-reactive ketones (excluding diaryl/α,β-unsaturated/α-hetero) is 1. The number of rotatable bonds is 2. The third kappa shape index (κ3) is 3.10.